The molecule has 0 radical (unpaired) electrons. The molecule has 0 bridgehead atoms. The van der Waals surface area contributed by atoms with Gasteiger partial charge in [-0.3, -0.25) is 9.59 Å². The first kappa shape index (κ1) is 15.5. The Bertz CT molecular complexity index is 736. The number of carbonyl (C=O) groups excluding carboxylic acids is 2. The van der Waals surface area contributed by atoms with Crippen molar-refractivity contribution in [2.75, 3.05) is 6.61 Å². The van der Waals surface area contributed by atoms with Gasteiger partial charge in [-0.25, -0.2) is 0 Å². The predicted molar refractivity (Wildman–Crippen MR) is 80.3 cm³/mol. The highest BCUT2D eigenvalue weighted by Crippen LogP contribution is 2.14. The molecule has 112 valence electrons. The molecule has 2 rings (SSSR count). The van der Waals surface area contributed by atoms with Gasteiger partial charge in [0.1, 0.15) is 6.07 Å². The van der Waals surface area contributed by atoms with Crippen LogP contribution >= 0.6 is 0 Å². The van der Waals surface area contributed by atoms with Crippen LogP contribution in [0.25, 0.3) is 0 Å². The van der Waals surface area contributed by atoms with E-state index in [1.165, 1.54) is 0 Å². The van der Waals surface area contributed by atoms with Crippen molar-refractivity contribution in [2.45, 2.75) is 13.3 Å². The molecule has 1 aromatic carbocycles. The average Bonchev–Trinajstić information content (AvgIpc) is 2.86. The molecule has 0 unspecified atom stereocenters. The van der Waals surface area contributed by atoms with Crippen molar-refractivity contribution in [1.82, 2.24) is 4.57 Å². The van der Waals surface area contributed by atoms with E-state index in [1.807, 2.05) is 19.1 Å². The number of nitrogens with zero attached hydrogens (tertiary/aromatic N) is 2. The number of ether oxygens (including phenoxy) is 1. The summed E-state index contributed by atoms with van der Waals surface area (Å²) in [6.07, 6.45) is 0.0271. The van der Waals surface area contributed by atoms with Crippen molar-refractivity contribution < 1.29 is 14.3 Å². The molecule has 2 aromatic rings. The van der Waals surface area contributed by atoms with E-state index in [0.29, 0.717) is 17.0 Å². The number of hydrogen-bond donors (Lipinski definition) is 0. The van der Waals surface area contributed by atoms with Crippen LogP contribution in [-0.4, -0.2) is 22.9 Å². The average molecular weight is 296 g/mol. The summed E-state index contributed by atoms with van der Waals surface area (Å²) in [7, 11) is 1.73. The standard InChI is InChI=1S/C17H16N2O3/c1-12-3-5-13(6-4-12)17(21)15-8-7-14(19(15)2)11-16(20)22-10-9-18/h3-8H,10-11H2,1-2H3. The summed E-state index contributed by atoms with van der Waals surface area (Å²) in [5.41, 5.74) is 2.86. The van der Waals surface area contributed by atoms with E-state index in [0.717, 1.165) is 5.56 Å². The third-order valence-electron chi connectivity index (χ3n) is 3.40. The first-order chi connectivity index (χ1) is 10.5. The van der Waals surface area contributed by atoms with Gasteiger partial charge in [-0.05, 0) is 19.1 Å². The highest BCUT2D eigenvalue weighted by molar-refractivity contribution is 6.08. The maximum atomic E-state index is 12.5. The van der Waals surface area contributed by atoms with Crippen molar-refractivity contribution in [2.24, 2.45) is 7.05 Å². The van der Waals surface area contributed by atoms with Crippen molar-refractivity contribution in [3.05, 3.63) is 58.9 Å². The smallest absolute Gasteiger partial charge is 0.312 e. The fourth-order valence-corrected chi connectivity index (χ4v) is 2.12. The summed E-state index contributed by atoms with van der Waals surface area (Å²) in [6, 6.07) is 12.5. The van der Waals surface area contributed by atoms with Gasteiger partial charge in [0.15, 0.2) is 6.61 Å². The number of aryl methyl sites for hydroxylation is 1. The van der Waals surface area contributed by atoms with Gasteiger partial charge in [0.2, 0.25) is 5.78 Å². The maximum Gasteiger partial charge on any atom is 0.312 e. The zero-order chi connectivity index (χ0) is 16.1. The third kappa shape index (κ3) is 3.41. The van der Waals surface area contributed by atoms with E-state index in [2.05, 4.69) is 0 Å². The van der Waals surface area contributed by atoms with E-state index in [9.17, 15) is 9.59 Å². The van der Waals surface area contributed by atoms with Gasteiger partial charge in [0.05, 0.1) is 12.1 Å². The molecule has 1 aromatic heterocycles. The fourth-order valence-electron chi connectivity index (χ4n) is 2.12. The lowest BCUT2D eigenvalue weighted by Gasteiger charge is -2.07. The quantitative estimate of drug-likeness (QED) is 0.626. The molecule has 0 amide bonds. The number of nitriles is 1. The topological polar surface area (TPSA) is 72.1 Å². The van der Waals surface area contributed by atoms with Crippen LogP contribution in [0.2, 0.25) is 0 Å². The summed E-state index contributed by atoms with van der Waals surface area (Å²) in [5.74, 6) is -0.587. The van der Waals surface area contributed by atoms with Gasteiger partial charge >= 0.3 is 5.97 Å². The molecule has 22 heavy (non-hydrogen) atoms. The van der Waals surface area contributed by atoms with Crippen LogP contribution in [0.4, 0.5) is 0 Å². The van der Waals surface area contributed by atoms with E-state index in [4.69, 9.17) is 10.00 Å². The Morgan fingerprint density at radius 1 is 1.18 bits per heavy atom. The van der Waals surface area contributed by atoms with E-state index < -0.39 is 5.97 Å². The molecule has 0 N–H and O–H groups in total. The number of rotatable bonds is 5. The molecule has 0 aliphatic heterocycles. The molecule has 0 aliphatic rings. The minimum Gasteiger partial charge on any atom is -0.450 e. The number of carbonyl (C=O) groups is 2. The summed E-state index contributed by atoms with van der Waals surface area (Å²) in [6.45, 7) is 1.69. The number of hydrogen-bond acceptors (Lipinski definition) is 4. The molecular weight excluding hydrogens is 280 g/mol. The summed E-state index contributed by atoms with van der Waals surface area (Å²) < 4.78 is 6.40. The highest BCUT2D eigenvalue weighted by atomic mass is 16.5. The normalized spacial score (nSPS) is 10.0. The van der Waals surface area contributed by atoms with Crippen LogP contribution in [0, 0.1) is 18.3 Å². The zero-order valence-corrected chi connectivity index (χ0v) is 12.5. The summed E-state index contributed by atoms with van der Waals surface area (Å²) in [5, 5.41) is 8.38. The molecule has 0 fully saturated rings. The molecule has 5 heteroatoms. The number of benzene rings is 1. The van der Waals surface area contributed by atoms with Crippen molar-refractivity contribution in [1.29, 1.82) is 5.26 Å². The molecule has 0 saturated heterocycles. The number of esters is 1. The Labute approximate surface area is 128 Å². The lowest BCUT2D eigenvalue weighted by atomic mass is 10.1. The minimum absolute atomic E-state index is 0.0271. The van der Waals surface area contributed by atoms with Crippen LogP contribution in [0.1, 0.15) is 27.3 Å². The van der Waals surface area contributed by atoms with Gasteiger partial charge in [0.25, 0.3) is 0 Å². The van der Waals surface area contributed by atoms with Crippen LogP contribution in [0.5, 0.6) is 0 Å². The highest BCUT2D eigenvalue weighted by Gasteiger charge is 2.16. The van der Waals surface area contributed by atoms with E-state index in [1.54, 1.807) is 41.9 Å². The predicted octanol–water partition coefficient (Wildman–Crippen LogP) is 2.17. The van der Waals surface area contributed by atoms with Gasteiger partial charge in [-0.15, -0.1) is 0 Å². The number of aromatic nitrogens is 1. The molecule has 0 spiro atoms. The minimum atomic E-state index is -0.489. The van der Waals surface area contributed by atoms with Crippen LogP contribution < -0.4 is 0 Å². The van der Waals surface area contributed by atoms with Gasteiger partial charge in [-0.2, -0.15) is 5.26 Å². The van der Waals surface area contributed by atoms with E-state index >= 15 is 0 Å². The molecule has 1 heterocycles. The van der Waals surface area contributed by atoms with Crippen LogP contribution in [0.15, 0.2) is 36.4 Å². The maximum absolute atomic E-state index is 12.5. The fraction of sp³-hybridized carbons (Fsp3) is 0.235. The third-order valence-corrected chi connectivity index (χ3v) is 3.40. The Balaban J connectivity index is 2.17. The second kappa shape index (κ2) is 6.72. The zero-order valence-electron chi connectivity index (χ0n) is 12.5. The van der Waals surface area contributed by atoms with Crippen molar-refractivity contribution >= 4 is 11.8 Å². The van der Waals surface area contributed by atoms with Gasteiger partial charge in [-0.1, -0.05) is 29.8 Å². The second-order valence-electron chi connectivity index (χ2n) is 4.96. The van der Waals surface area contributed by atoms with E-state index in [-0.39, 0.29) is 18.8 Å². The van der Waals surface area contributed by atoms with Gasteiger partial charge < -0.3 is 9.30 Å². The lowest BCUT2D eigenvalue weighted by molar-refractivity contribution is -0.141. The molecule has 0 aliphatic carbocycles. The molecule has 0 atom stereocenters. The first-order valence-corrected chi connectivity index (χ1v) is 6.81. The largest absolute Gasteiger partial charge is 0.450 e. The number of ketones is 1. The molecule has 5 nitrogen and oxygen atoms in total. The summed E-state index contributed by atoms with van der Waals surface area (Å²) in [4.78, 5) is 24.0. The molecule has 0 saturated carbocycles. The molecular formula is C17H16N2O3. The van der Waals surface area contributed by atoms with Crippen molar-refractivity contribution in [3.8, 4) is 6.07 Å². The van der Waals surface area contributed by atoms with Crippen LogP contribution in [-0.2, 0) is 23.0 Å². The Kier molecular flexibility index (Phi) is 4.74. The Morgan fingerprint density at radius 3 is 2.50 bits per heavy atom. The van der Waals surface area contributed by atoms with Crippen LogP contribution in [0.3, 0.4) is 0 Å². The monoisotopic (exact) mass is 296 g/mol. The first-order valence-electron chi connectivity index (χ1n) is 6.81. The lowest BCUT2D eigenvalue weighted by Crippen LogP contribution is -2.13. The van der Waals surface area contributed by atoms with Gasteiger partial charge in [0, 0.05) is 18.3 Å². The Morgan fingerprint density at radius 2 is 1.86 bits per heavy atom. The van der Waals surface area contributed by atoms with Crippen molar-refractivity contribution in [3.63, 3.8) is 0 Å². The SMILES string of the molecule is Cc1ccc(C(=O)c2ccc(CC(=O)OCC#N)n2C)cc1. The Hall–Kier alpha value is -2.87. The second-order valence-corrected chi connectivity index (χ2v) is 4.96. The summed E-state index contributed by atoms with van der Waals surface area (Å²) >= 11 is 0.